The van der Waals surface area contributed by atoms with Crippen LogP contribution in [0.1, 0.15) is 11.1 Å². The second-order valence-electron chi connectivity index (χ2n) is 5.64. The van der Waals surface area contributed by atoms with Gasteiger partial charge in [0.05, 0.1) is 19.8 Å². The summed E-state index contributed by atoms with van der Waals surface area (Å²) in [5.74, 6) is 1.74. The lowest BCUT2D eigenvalue weighted by atomic mass is 10.1. The lowest BCUT2D eigenvalue weighted by Crippen LogP contribution is -1.99. The molecule has 27 heavy (non-hydrogen) atoms. The van der Waals surface area contributed by atoms with Gasteiger partial charge in [-0.2, -0.15) is 0 Å². The van der Waals surface area contributed by atoms with E-state index < -0.39 is 0 Å². The van der Waals surface area contributed by atoms with Crippen molar-refractivity contribution in [3.63, 3.8) is 0 Å². The summed E-state index contributed by atoms with van der Waals surface area (Å²) in [6.45, 7) is 4.12. The predicted octanol–water partition coefficient (Wildman–Crippen LogP) is 5.45. The minimum Gasteiger partial charge on any atom is -0.497 e. The van der Waals surface area contributed by atoms with Crippen molar-refractivity contribution >= 4 is 63.0 Å². The summed E-state index contributed by atoms with van der Waals surface area (Å²) in [7, 11) is 1.61. The second kappa shape index (κ2) is 8.92. The van der Waals surface area contributed by atoms with Crippen LogP contribution in [0.4, 0.5) is 0 Å². The maximum absolute atomic E-state index is 12.3. The normalized spacial score (nSPS) is 14.7. The molecule has 1 aliphatic heterocycles. The van der Waals surface area contributed by atoms with Crippen LogP contribution in [-0.4, -0.2) is 19.7 Å². The Morgan fingerprint density at radius 2 is 1.81 bits per heavy atom. The molecule has 3 rings (SSSR count). The van der Waals surface area contributed by atoms with Gasteiger partial charge < -0.3 is 14.2 Å². The highest BCUT2D eigenvalue weighted by Gasteiger charge is 2.22. The van der Waals surface area contributed by atoms with Gasteiger partial charge in [0.15, 0.2) is 0 Å². The number of esters is 1. The van der Waals surface area contributed by atoms with Crippen LogP contribution in [0.3, 0.4) is 0 Å². The van der Waals surface area contributed by atoms with E-state index >= 15 is 0 Å². The lowest BCUT2D eigenvalue weighted by Gasteiger charge is -2.09. The first-order valence-electron chi connectivity index (χ1n) is 8.04. The fourth-order valence-electron chi connectivity index (χ4n) is 2.51. The standard InChI is InChI=1S/C21H16I2O4/c1-3-8-26-20-17(22)10-13(11-18(20)23)9-15-12-19(27-21(15)24)14-4-6-16(25-2)7-5-14/h3-7,9-12H,1,8H2,2H3. The molecule has 0 radical (unpaired) electrons. The van der Waals surface area contributed by atoms with Crippen LogP contribution in [0, 0.1) is 7.14 Å². The van der Waals surface area contributed by atoms with E-state index in [0.717, 1.165) is 29.8 Å². The number of rotatable bonds is 6. The van der Waals surface area contributed by atoms with Crippen LogP contribution < -0.4 is 9.47 Å². The lowest BCUT2D eigenvalue weighted by molar-refractivity contribution is -0.130. The quantitative estimate of drug-likeness (QED) is 0.196. The second-order valence-corrected chi connectivity index (χ2v) is 7.96. The van der Waals surface area contributed by atoms with Crippen LogP contribution >= 0.6 is 45.2 Å². The number of cyclic esters (lactones) is 1. The fourth-order valence-corrected chi connectivity index (χ4v) is 4.64. The predicted molar refractivity (Wildman–Crippen MR) is 123 cm³/mol. The highest BCUT2D eigenvalue weighted by Crippen LogP contribution is 2.32. The maximum Gasteiger partial charge on any atom is 0.343 e. The third-order valence-corrected chi connectivity index (χ3v) is 5.39. The van der Waals surface area contributed by atoms with Crippen LogP contribution in [0.2, 0.25) is 0 Å². The molecule has 0 aromatic heterocycles. The third-order valence-electron chi connectivity index (χ3n) is 3.79. The minimum absolute atomic E-state index is 0.363. The molecule has 2 aromatic carbocycles. The van der Waals surface area contributed by atoms with Crippen LogP contribution in [-0.2, 0) is 9.53 Å². The van der Waals surface area contributed by atoms with Crippen molar-refractivity contribution in [1.82, 2.24) is 0 Å². The van der Waals surface area contributed by atoms with E-state index in [1.54, 1.807) is 19.3 Å². The molecule has 1 heterocycles. The average molecular weight is 586 g/mol. The molecule has 0 fully saturated rings. The number of hydrogen-bond acceptors (Lipinski definition) is 4. The molecule has 0 spiro atoms. The van der Waals surface area contributed by atoms with E-state index in [0.29, 0.717) is 17.9 Å². The Morgan fingerprint density at radius 1 is 1.15 bits per heavy atom. The molecule has 1 aliphatic rings. The van der Waals surface area contributed by atoms with Crippen molar-refractivity contribution < 1.29 is 19.0 Å². The van der Waals surface area contributed by atoms with Gasteiger partial charge in [-0.25, -0.2) is 4.79 Å². The highest BCUT2D eigenvalue weighted by atomic mass is 127. The zero-order valence-corrected chi connectivity index (χ0v) is 18.8. The number of carbonyl (C=O) groups is 1. The first kappa shape index (κ1) is 19.9. The van der Waals surface area contributed by atoms with Crippen LogP contribution in [0.5, 0.6) is 11.5 Å². The number of hydrogen-bond donors (Lipinski definition) is 0. The summed E-state index contributed by atoms with van der Waals surface area (Å²) >= 11 is 4.45. The average Bonchev–Trinajstić information content (AvgIpc) is 3.01. The van der Waals surface area contributed by atoms with Gasteiger partial charge in [-0.3, -0.25) is 0 Å². The Hall–Kier alpha value is -1.81. The van der Waals surface area contributed by atoms with Gasteiger partial charge >= 0.3 is 5.97 Å². The number of carbonyl (C=O) groups excluding carboxylic acids is 1. The molecule has 0 bridgehead atoms. The molecule has 0 aliphatic carbocycles. The van der Waals surface area contributed by atoms with Crippen LogP contribution in [0.15, 0.2) is 60.7 Å². The van der Waals surface area contributed by atoms with E-state index in [4.69, 9.17) is 14.2 Å². The van der Waals surface area contributed by atoms with E-state index in [1.807, 2.05) is 42.5 Å². The minimum atomic E-state index is -0.363. The van der Waals surface area contributed by atoms with E-state index in [1.165, 1.54) is 0 Å². The Bertz CT molecular complexity index is 920. The summed E-state index contributed by atoms with van der Waals surface area (Å²) in [5, 5.41) is 0. The summed E-state index contributed by atoms with van der Waals surface area (Å²) in [4.78, 5) is 12.3. The number of halogens is 2. The van der Waals surface area contributed by atoms with Gasteiger partial charge in [0.2, 0.25) is 0 Å². The summed E-state index contributed by atoms with van der Waals surface area (Å²) in [6.07, 6.45) is 5.29. The Morgan fingerprint density at radius 3 is 2.41 bits per heavy atom. The smallest absolute Gasteiger partial charge is 0.343 e. The van der Waals surface area contributed by atoms with Gasteiger partial charge in [-0.15, -0.1) is 0 Å². The molecule has 0 saturated carbocycles. The van der Waals surface area contributed by atoms with E-state index in [-0.39, 0.29) is 5.97 Å². The molecular weight excluding hydrogens is 570 g/mol. The topological polar surface area (TPSA) is 44.8 Å². The molecule has 0 N–H and O–H groups in total. The first-order chi connectivity index (χ1) is 13.0. The van der Waals surface area contributed by atoms with Crippen LogP contribution in [0.25, 0.3) is 11.8 Å². The Labute approximate surface area is 185 Å². The van der Waals surface area contributed by atoms with Crippen molar-refractivity contribution in [3.8, 4) is 11.5 Å². The van der Waals surface area contributed by atoms with Gasteiger partial charge in [0.25, 0.3) is 0 Å². The van der Waals surface area contributed by atoms with Crippen molar-refractivity contribution in [2.24, 2.45) is 0 Å². The Kier molecular flexibility index (Phi) is 6.59. The molecule has 0 saturated heterocycles. The molecule has 4 nitrogen and oxygen atoms in total. The monoisotopic (exact) mass is 586 g/mol. The fraction of sp³-hybridized carbons (Fsp3) is 0.0952. The zero-order valence-electron chi connectivity index (χ0n) is 14.5. The number of benzene rings is 2. The summed E-state index contributed by atoms with van der Waals surface area (Å²) in [6, 6.07) is 11.3. The first-order valence-corrected chi connectivity index (χ1v) is 10.2. The van der Waals surface area contributed by atoms with Crippen molar-refractivity contribution in [2.75, 3.05) is 13.7 Å². The van der Waals surface area contributed by atoms with Gasteiger partial charge in [0.1, 0.15) is 23.9 Å². The SMILES string of the molecule is C=CCOc1c(I)cc(C=C2C=C(c3ccc(OC)cc3)OC2=O)cc1I. The van der Waals surface area contributed by atoms with Gasteiger partial charge in [-0.05, 0) is 99.3 Å². The van der Waals surface area contributed by atoms with E-state index in [2.05, 4.69) is 51.8 Å². The molecule has 0 amide bonds. The number of ether oxygens (including phenoxy) is 3. The highest BCUT2D eigenvalue weighted by molar-refractivity contribution is 14.1. The summed E-state index contributed by atoms with van der Waals surface area (Å²) < 4.78 is 18.2. The van der Waals surface area contributed by atoms with Gasteiger partial charge in [-0.1, -0.05) is 12.7 Å². The molecule has 6 heteroatoms. The molecule has 0 unspecified atom stereocenters. The molecule has 2 aromatic rings. The Balaban J connectivity index is 1.88. The zero-order chi connectivity index (χ0) is 19.4. The number of methoxy groups -OCH3 is 1. The van der Waals surface area contributed by atoms with Crippen molar-refractivity contribution in [2.45, 2.75) is 0 Å². The largest absolute Gasteiger partial charge is 0.497 e. The van der Waals surface area contributed by atoms with Gasteiger partial charge in [0, 0.05) is 5.56 Å². The molecule has 138 valence electrons. The van der Waals surface area contributed by atoms with Crippen molar-refractivity contribution in [1.29, 1.82) is 0 Å². The third kappa shape index (κ3) is 4.73. The summed E-state index contributed by atoms with van der Waals surface area (Å²) in [5.41, 5.74) is 2.24. The van der Waals surface area contributed by atoms with Crippen molar-refractivity contribution in [3.05, 3.63) is 79.0 Å². The van der Waals surface area contributed by atoms with E-state index in [9.17, 15) is 4.79 Å². The maximum atomic E-state index is 12.3. The molecule has 0 atom stereocenters. The molecular formula is C21H16I2O4.